The summed E-state index contributed by atoms with van der Waals surface area (Å²) in [6.07, 6.45) is 0.871. The van der Waals surface area contributed by atoms with Gasteiger partial charge in [0.1, 0.15) is 18.2 Å². The Balaban J connectivity index is 2.56. The molecule has 0 bridgehead atoms. The lowest BCUT2D eigenvalue weighted by molar-refractivity contribution is -0.141. The van der Waals surface area contributed by atoms with Gasteiger partial charge >= 0.3 is 6.09 Å². The molecule has 0 heterocycles. The molecule has 8 heteroatoms. The van der Waals surface area contributed by atoms with Gasteiger partial charge in [0, 0.05) is 6.04 Å². The number of rotatable bonds is 10. The van der Waals surface area contributed by atoms with E-state index in [0.29, 0.717) is 23.0 Å². The van der Waals surface area contributed by atoms with E-state index >= 15 is 0 Å². The number of benzene rings is 2. The third-order valence-corrected chi connectivity index (χ3v) is 6.96. The highest BCUT2D eigenvalue weighted by Gasteiger charge is 2.36. The molecule has 0 aliphatic carbocycles. The first kappa shape index (κ1) is 32.2. The first-order valence-corrected chi connectivity index (χ1v) is 13.9. The zero-order chi connectivity index (χ0) is 29.5. The molecule has 0 spiro atoms. The van der Waals surface area contributed by atoms with E-state index < -0.39 is 17.7 Å². The third kappa shape index (κ3) is 9.27. The Morgan fingerprint density at radius 2 is 1.56 bits per heavy atom. The number of hydrogen-bond donors (Lipinski definition) is 2. The van der Waals surface area contributed by atoms with Gasteiger partial charge < -0.3 is 20.3 Å². The highest BCUT2D eigenvalue weighted by Crippen LogP contribution is 2.33. The van der Waals surface area contributed by atoms with Crippen molar-refractivity contribution in [3.63, 3.8) is 0 Å². The van der Waals surface area contributed by atoms with E-state index in [-0.39, 0.29) is 24.4 Å². The monoisotopic (exact) mass is 557 g/mol. The van der Waals surface area contributed by atoms with Gasteiger partial charge in [-0.05, 0) is 95.5 Å². The summed E-state index contributed by atoms with van der Waals surface area (Å²) in [7, 11) is 0. The van der Waals surface area contributed by atoms with Crippen LogP contribution in [0.1, 0.15) is 82.7 Å². The van der Waals surface area contributed by atoms with Crippen molar-refractivity contribution in [1.29, 1.82) is 0 Å². The molecule has 2 unspecified atom stereocenters. The molecule has 2 aromatic rings. The summed E-state index contributed by atoms with van der Waals surface area (Å²) in [5, 5.41) is 5.99. The number of hydrogen-bond acceptors (Lipinski definition) is 4. The molecule has 0 radical (unpaired) electrons. The van der Waals surface area contributed by atoms with Crippen molar-refractivity contribution < 1.29 is 19.1 Å². The van der Waals surface area contributed by atoms with E-state index in [0.717, 1.165) is 28.7 Å². The summed E-state index contributed by atoms with van der Waals surface area (Å²) in [6.45, 7) is 16.9. The van der Waals surface area contributed by atoms with Gasteiger partial charge in [-0.3, -0.25) is 9.59 Å². The number of halogens is 1. The third-order valence-electron chi connectivity index (χ3n) is 6.65. The van der Waals surface area contributed by atoms with E-state index in [1.807, 2.05) is 58.0 Å². The van der Waals surface area contributed by atoms with Gasteiger partial charge in [0.15, 0.2) is 0 Å². The Hall–Kier alpha value is -3.06. The second-order valence-electron chi connectivity index (χ2n) is 11.6. The second kappa shape index (κ2) is 13.8. The smallest absolute Gasteiger partial charge is 0.408 e. The maximum absolute atomic E-state index is 14.1. The Morgan fingerprint density at radius 1 is 0.949 bits per heavy atom. The van der Waals surface area contributed by atoms with Crippen LogP contribution in [0, 0.1) is 26.7 Å². The standard InChI is InChI=1S/C31H44ClN3O4/c1-19(2)16-17-22(5)35(26(36)18-33-30(38)39-31(7,8)9)28(24-14-10-12-20(3)23(24)6)29(37)34-27-21(4)13-11-15-25(27)32/h10-15,19,22,28H,16-18H2,1-9H3,(H,33,38)(H,34,37). The minimum absolute atomic E-state index is 0.289. The van der Waals surface area contributed by atoms with Crippen LogP contribution >= 0.6 is 11.6 Å². The largest absolute Gasteiger partial charge is 0.444 e. The summed E-state index contributed by atoms with van der Waals surface area (Å²) < 4.78 is 5.33. The molecule has 2 atom stereocenters. The highest BCUT2D eigenvalue weighted by molar-refractivity contribution is 6.34. The molecule has 2 rings (SSSR count). The molecular formula is C31H44ClN3O4. The van der Waals surface area contributed by atoms with Crippen LogP contribution in [0.4, 0.5) is 10.5 Å². The highest BCUT2D eigenvalue weighted by atomic mass is 35.5. The minimum atomic E-state index is -0.948. The molecule has 214 valence electrons. The van der Waals surface area contributed by atoms with Gasteiger partial charge in [-0.15, -0.1) is 0 Å². The van der Waals surface area contributed by atoms with Crippen LogP contribution in [0.2, 0.25) is 5.02 Å². The predicted octanol–water partition coefficient (Wildman–Crippen LogP) is 7.12. The number of anilines is 1. The van der Waals surface area contributed by atoms with Gasteiger partial charge in [-0.1, -0.05) is 55.8 Å². The van der Waals surface area contributed by atoms with Crippen LogP contribution in [0.25, 0.3) is 0 Å². The van der Waals surface area contributed by atoms with Crippen molar-refractivity contribution in [3.05, 3.63) is 63.7 Å². The van der Waals surface area contributed by atoms with Crippen molar-refractivity contribution in [2.45, 2.75) is 92.8 Å². The molecule has 7 nitrogen and oxygen atoms in total. The minimum Gasteiger partial charge on any atom is -0.444 e. The molecule has 2 aromatic carbocycles. The van der Waals surface area contributed by atoms with Gasteiger partial charge in [0.25, 0.3) is 5.91 Å². The average Bonchev–Trinajstić information content (AvgIpc) is 2.82. The van der Waals surface area contributed by atoms with E-state index in [9.17, 15) is 14.4 Å². The fourth-order valence-corrected chi connectivity index (χ4v) is 4.65. The number of amides is 3. The number of nitrogens with one attached hydrogen (secondary N) is 2. The summed E-state index contributed by atoms with van der Waals surface area (Å²) in [5.41, 5.74) is 3.27. The quantitative estimate of drug-likeness (QED) is 0.325. The molecule has 0 saturated carbocycles. The van der Waals surface area contributed by atoms with Gasteiger partial charge in [-0.2, -0.15) is 0 Å². The Kier molecular flexibility index (Phi) is 11.4. The molecule has 3 amide bonds. The lowest BCUT2D eigenvalue weighted by Gasteiger charge is -2.37. The topological polar surface area (TPSA) is 87.7 Å². The lowest BCUT2D eigenvalue weighted by Crippen LogP contribution is -2.50. The number of nitrogens with zero attached hydrogens (tertiary/aromatic N) is 1. The van der Waals surface area contributed by atoms with Crippen molar-refractivity contribution in [2.24, 2.45) is 5.92 Å². The molecule has 2 N–H and O–H groups in total. The first-order valence-electron chi connectivity index (χ1n) is 13.5. The SMILES string of the molecule is Cc1cccc(C(C(=O)Nc2c(C)cccc2Cl)N(C(=O)CNC(=O)OC(C)(C)C)C(C)CCC(C)C)c1C. The Bertz CT molecular complexity index is 1150. The second-order valence-corrected chi connectivity index (χ2v) is 12.0. The zero-order valence-corrected chi connectivity index (χ0v) is 25.5. The van der Waals surface area contributed by atoms with Crippen molar-refractivity contribution >= 4 is 35.2 Å². The van der Waals surface area contributed by atoms with Crippen LogP contribution in [-0.2, 0) is 14.3 Å². The van der Waals surface area contributed by atoms with Crippen LogP contribution in [0.15, 0.2) is 36.4 Å². The van der Waals surface area contributed by atoms with Gasteiger partial charge in [0.05, 0.1) is 10.7 Å². The normalized spacial score (nSPS) is 13.0. The molecular weight excluding hydrogens is 514 g/mol. The van der Waals surface area contributed by atoms with E-state index in [2.05, 4.69) is 24.5 Å². The average molecular weight is 558 g/mol. The van der Waals surface area contributed by atoms with Crippen LogP contribution < -0.4 is 10.6 Å². The van der Waals surface area contributed by atoms with E-state index in [4.69, 9.17) is 16.3 Å². The summed E-state index contributed by atoms with van der Waals surface area (Å²) in [6, 6.07) is 9.91. The summed E-state index contributed by atoms with van der Waals surface area (Å²) in [5.74, 6) is -0.334. The number of para-hydroxylation sites is 1. The molecule has 0 saturated heterocycles. The number of alkyl carbamates (subject to hydrolysis) is 1. The van der Waals surface area contributed by atoms with E-state index in [1.54, 1.807) is 31.7 Å². The van der Waals surface area contributed by atoms with Crippen LogP contribution in [0.3, 0.4) is 0 Å². The Labute approximate surface area is 238 Å². The van der Waals surface area contributed by atoms with Crippen LogP contribution in [-0.4, -0.2) is 41.0 Å². The summed E-state index contributed by atoms with van der Waals surface area (Å²) >= 11 is 6.45. The van der Waals surface area contributed by atoms with Gasteiger partial charge in [-0.25, -0.2) is 4.79 Å². The molecule has 0 aromatic heterocycles. The molecule has 0 aliphatic heterocycles. The van der Waals surface area contributed by atoms with Crippen LogP contribution in [0.5, 0.6) is 0 Å². The molecule has 0 aliphatic rings. The van der Waals surface area contributed by atoms with Gasteiger partial charge in [0.2, 0.25) is 5.91 Å². The maximum atomic E-state index is 14.1. The lowest BCUT2D eigenvalue weighted by atomic mass is 9.93. The maximum Gasteiger partial charge on any atom is 0.408 e. The Morgan fingerprint density at radius 3 is 2.15 bits per heavy atom. The summed E-state index contributed by atoms with van der Waals surface area (Å²) in [4.78, 5) is 41.9. The molecule has 39 heavy (non-hydrogen) atoms. The zero-order valence-electron chi connectivity index (χ0n) is 24.8. The number of aryl methyl sites for hydroxylation is 2. The molecule has 0 fully saturated rings. The first-order chi connectivity index (χ1) is 18.1. The van der Waals surface area contributed by atoms with Crippen molar-refractivity contribution in [1.82, 2.24) is 10.2 Å². The van der Waals surface area contributed by atoms with Crippen molar-refractivity contribution in [2.75, 3.05) is 11.9 Å². The number of ether oxygens (including phenoxy) is 1. The fraction of sp³-hybridized carbons (Fsp3) is 0.516. The number of carbonyl (C=O) groups is 3. The van der Waals surface area contributed by atoms with Crippen molar-refractivity contribution in [3.8, 4) is 0 Å². The fourth-order valence-electron chi connectivity index (χ4n) is 4.38. The number of carbonyl (C=O) groups excluding carboxylic acids is 3. The predicted molar refractivity (Wildman–Crippen MR) is 158 cm³/mol. The van der Waals surface area contributed by atoms with E-state index in [1.165, 1.54) is 0 Å².